The molecule has 1 aliphatic rings. The summed E-state index contributed by atoms with van der Waals surface area (Å²) in [5.74, 6) is 0.00546. The van der Waals surface area contributed by atoms with E-state index < -0.39 is 6.36 Å². The topological polar surface area (TPSA) is 47.4 Å². The standard InChI is InChI=1S/C23H21BrF3N3O2S/c24-17-6-4-16(5-7-17)20-14-28-22(33-15-21(31)29-12-2-1-3-13-29)30(20)18-8-10-19(11-9-18)32-23(25,26)27/h4-11,14H,1-3,12-13,15H2. The molecule has 3 aromatic rings. The lowest BCUT2D eigenvalue weighted by Crippen LogP contribution is -2.36. The molecular weight excluding hydrogens is 519 g/mol. The number of nitrogens with zero attached hydrogens (tertiary/aromatic N) is 3. The van der Waals surface area contributed by atoms with Crippen LogP contribution in [0.5, 0.6) is 5.75 Å². The van der Waals surface area contributed by atoms with Crippen LogP contribution < -0.4 is 4.74 Å². The zero-order valence-electron chi connectivity index (χ0n) is 17.5. The summed E-state index contributed by atoms with van der Waals surface area (Å²) >= 11 is 4.74. The predicted octanol–water partition coefficient (Wildman–Crippen LogP) is 6.31. The lowest BCUT2D eigenvalue weighted by atomic mass is 10.1. The van der Waals surface area contributed by atoms with E-state index in [9.17, 15) is 18.0 Å². The molecule has 1 aromatic heterocycles. The number of thioether (sulfide) groups is 1. The number of piperidine rings is 1. The molecule has 0 saturated carbocycles. The van der Waals surface area contributed by atoms with Gasteiger partial charge in [0.2, 0.25) is 5.91 Å². The summed E-state index contributed by atoms with van der Waals surface area (Å²) in [6.45, 7) is 1.55. The van der Waals surface area contributed by atoms with Gasteiger partial charge in [-0.1, -0.05) is 39.8 Å². The van der Waals surface area contributed by atoms with Crippen molar-refractivity contribution in [2.45, 2.75) is 30.8 Å². The van der Waals surface area contributed by atoms with Crippen LogP contribution in [-0.4, -0.2) is 45.6 Å². The van der Waals surface area contributed by atoms with E-state index in [1.54, 1.807) is 18.3 Å². The first-order chi connectivity index (χ1) is 15.8. The average Bonchev–Trinajstić information content (AvgIpc) is 3.22. The van der Waals surface area contributed by atoms with Crippen molar-refractivity contribution in [1.29, 1.82) is 0 Å². The van der Waals surface area contributed by atoms with Crippen molar-refractivity contribution >= 4 is 33.6 Å². The molecule has 2 aromatic carbocycles. The van der Waals surface area contributed by atoms with Crippen molar-refractivity contribution in [2.24, 2.45) is 0 Å². The van der Waals surface area contributed by atoms with Crippen LogP contribution in [0.4, 0.5) is 13.2 Å². The molecule has 0 radical (unpaired) electrons. The number of carbonyl (C=O) groups is 1. The van der Waals surface area contributed by atoms with Gasteiger partial charge >= 0.3 is 6.36 Å². The lowest BCUT2D eigenvalue weighted by Gasteiger charge is -2.26. The van der Waals surface area contributed by atoms with Crippen LogP contribution in [0.1, 0.15) is 19.3 Å². The maximum absolute atomic E-state index is 12.7. The summed E-state index contributed by atoms with van der Waals surface area (Å²) in [4.78, 5) is 19.1. The zero-order chi connectivity index (χ0) is 23.4. The Morgan fingerprint density at radius 3 is 2.33 bits per heavy atom. The second kappa shape index (κ2) is 10.2. The number of likely N-dealkylation sites (tertiary alicyclic amines) is 1. The van der Waals surface area contributed by atoms with Crippen molar-refractivity contribution in [3.63, 3.8) is 0 Å². The van der Waals surface area contributed by atoms with Crippen LogP contribution in [0.15, 0.2) is 64.4 Å². The van der Waals surface area contributed by atoms with E-state index in [4.69, 9.17) is 0 Å². The number of carbonyl (C=O) groups excluding carboxylic acids is 1. The molecule has 0 unspecified atom stereocenters. The van der Waals surface area contributed by atoms with Crippen LogP contribution in [0.25, 0.3) is 16.9 Å². The van der Waals surface area contributed by atoms with Crippen molar-refractivity contribution < 1.29 is 22.7 Å². The second-order valence-corrected chi connectivity index (χ2v) is 9.40. The number of ether oxygens (including phenoxy) is 1. The number of hydrogen-bond donors (Lipinski definition) is 0. The smallest absolute Gasteiger partial charge is 0.406 e. The van der Waals surface area contributed by atoms with E-state index in [2.05, 4.69) is 25.7 Å². The highest BCUT2D eigenvalue weighted by Gasteiger charge is 2.31. The number of rotatable bonds is 6. The SMILES string of the molecule is O=C(CSc1ncc(-c2ccc(Br)cc2)n1-c1ccc(OC(F)(F)F)cc1)N1CCCCC1. The fourth-order valence-corrected chi connectivity index (χ4v) is 4.83. The molecule has 0 N–H and O–H groups in total. The summed E-state index contributed by atoms with van der Waals surface area (Å²) in [5, 5.41) is 0.586. The van der Waals surface area contributed by atoms with Gasteiger partial charge in [-0.2, -0.15) is 0 Å². The molecule has 1 amide bonds. The number of hydrogen-bond acceptors (Lipinski definition) is 4. The van der Waals surface area contributed by atoms with E-state index in [1.165, 1.54) is 23.9 Å². The summed E-state index contributed by atoms with van der Waals surface area (Å²) < 4.78 is 44.4. The molecule has 10 heteroatoms. The summed E-state index contributed by atoms with van der Waals surface area (Å²) in [6, 6.07) is 13.3. The van der Waals surface area contributed by atoms with E-state index in [0.717, 1.165) is 48.1 Å². The molecular formula is C23H21BrF3N3O2S. The van der Waals surface area contributed by atoms with Crippen LogP contribution in [0.2, 0.25) is 0 Å². The highest BCUT2D eigenvalue weighted by Crippen LogP contribution is 2.32. The van der Waals surface area contributed by atoms with Gasteiger partial charge in [0.15, 0.2) is 5.16 Å². The largest absolute Gasteiger partial charge is 0.573 e. The van der Waals surface area contributed by atoms with Gasteiger partial charge in [-0.05, 0) is 55.7 Å². The first kappa shape index (κ1) is 23.7. The Bertz CT molecular complexity index is 1100. The molecule has 0 aliphatic carbocycles. The van der Waals surface area contributed by atoms with Crippen LogP contribution >= 0.6 is 27.7 Å². The quantitative estimate of drug-likeness (QED) is 0.344. The fourth-order valence-electron chi connectivity index (χ4n) is 3.67. The molecule has 5 nitrogen and oxygen atoms in total. The van der Waals surface area contributed by atoms with E-state index >= 15 is 0 Å². The van der Waals surface area contributed by atoms with Crippen molar-refractivity contribution in [2.75, 3.05) is 18.8 Å². The third-order valence-corrected chi connectivity index (χ3v) is 6.70. The van der Waals surface area contributed by atoms with Gasteiger partial charge in [-0.15, -0.1) is 13.2 Å². The fraction of sp³-hybridized carbons (Fsp3) is 0.304. The molecule has 0 bridgehead atoms. The molecule has 1 saturated heterocycles. The first-order valence-electron chi connectivity index (χ1n) is 10.4. The number of alkyl halides is 3. The van der Waals surface area contributed by atoms with Crippen molar-refractivity contribution in [3.05, 3.63) is 59.2 Å². The highest BCUT2D eigenvalue weighted by molar-refractivity contribution is 9.10. The van der Waals surface area contributed by atoms with Gasteiger partial charge in [0, 0.05) is 28.8 Å². The summed E-state index contributed by atoms with van der Waals surface area (Å²) in [6.07, 6.45) is 0.133. The van der Waals surface area contributed by atoms with Gasteiger partial charge in [0.05, 0.1) is 17.6 Å². The highest BCUT2D eigenvalue weighted by atomic mass is 79.9. The number of aromatic nitrogens is 2. The maximum Gasteiger partial charge on any atom is 0.573 e. The minimum absolute atomic E-state index is 0.0633. The number of amides is 1. The Hall–Kier alpha value is -2.46. The van der Waals surface area contributed by atoms with Crippen LogP contribution in [0.3, 0.4) is 0 Å². The molecule has 174 valence electrons. The Balaban J connectivity index is 1.63. The van der Waals surface area contributed by atoms with Gasteiger partial charge in [0.1, 0.15) is 5.75 Å². The Morgan fingerprint density at radius 2 is 1.70 bits per heavy atom. The third-order valence-electron chi connectivity index (χ3n) is 5.23. The Labute approximate surface area is 202 Å². The summed E-state index contributed by atoms with van der Waals surface area (Å²) in [7, 11) is 0. The van der Waals surface area contributed by atoms with Crippen molar-refractivity contribution in [1.82, 2.24) is 14.5 Å². The van der Waals surface area contributed by atoms with E-state index in [0.29, 0.717) is 10.8 Å². The van der Waals surface area contributed by atoms with Crippen LogP contribution in [-0.2, 0) is 4.79 Å². The van der Waals surface area contributed by atoms with Gasteiger partial charge in [-0.3, -0.25) is 9.36 Å². The van der Waals surface area contributed by atoms with Crippen LogP contribution in [0, 0.1) is 0 Å². The zero-order valence-corrected chi connectivity index (χ0v) is 19.9. The third kappa shape index (κ3) is 6.11. The minimum Gasteiger partial charge on any atom is -0.406 e. The number of imidazole rings is 1. The summed E-state index contributed by atoms with van der Waals surface area (Å²) in [5.41, 5.74) is 2.27. The Morgan fingerprint density at radius 1 is 1.03 bits per heavy atom. The van der Waals surface area contributed by atoms with E-state index in [-0.39, 0.29) is 17.4 Å². The molecule has 0 atom stereocenters. The maximum atomic E-state index is 12.7. The molecule has 0 spiro atoms. The van der Waals surface area contributed by atoms with Gasteiger partial charge in [0.25, 0.3) is 0 Å². The van der Waals surface area contributed by atoms with Gasteiger partial charge < -0.3 is 9.64 Å². The molecule has 33 heavy (non-hydrogen) atoms. The molecule has 1 fully saturated rings. The first-order valence-corrected chi connectivity index (χ1v) is 12.2. The minimum atomic E-state index is -4.76. The molecule has 1 aliphatic heterocycles. The average molecular weight is 540 g/mol. The predicted molar refractivity (Wildman–Crippen MR) is 125 cm³/mol. The molecule has 4 rings (SSSR count). The number of halogens is 4. The second-order valence-electron chi connectivity index (χ2n) is 7.54. The number of benzene rings is 2. The molecule has 2 heterocycles. The van der Waals surface area contributed by atoms with Crippen molar-refractivity contribution in [3.8, 4) is 22.7 Å². The normalized spacial score (nSPS) is 14.4. The van der Waals surface area contributed by atoms with Gasteiger partial charge in [-0.25, -0.2) is 4.98 Å². The van der Waals surface area contributed by atoms with E-state index in [1.807, 2.05) is 33.7 Å². The lowest BCUT2D eigenvalue weighted by molar-refractivity contribution is -0.274. The Kier molecular flexibility index (Phi) is 7.33. The monoisotopic (exact) mass is 539 g/mol.